The molecule has 0 aliphatic carbocycles. The molecule has 4 heteroatoms. The number of aliphatic hydroxyl groups is 1. The molecule has 0 aromatic rings. The van der Waals surface area contributed by atoms with Crippen LogP contribution in [0.25, 0.3) is 0 Å². The van der Waals surface area contributed by atoms with Crippen LogP contribution < -0.4 is 0 Å². The molecular formula is C12H23NO3. The number of rotatable bonds is 1. The summed E-state index contributed by atoms with van der Waals surface area (Å²) in [5.74, 6) is 0. The van der Waals surface area contributed by atoms with E-state index in [-0.39, 0.29) is 12.1 Å². The summed E-state index contributed by atoms with van der Waals surface area (Å²) < 4.78 is 5.32. The summed E-state index contributed by atoms with van der Waals surface area (Å²) in [5.41, 5.74) is -1.35. The number of ether oxygens (including phenoxy) is 1. The van der Waals surface area contributed by atoms with E-state index in [1.807, 2.05) is 20.8 Å². The van der Waals surface area contributed by atoms with Gasteiger partial charge < -0.3 is 14.7 Å². The minimum Gasteiger partial charge on any atom is -0.444 e. The Morgan fingerprint density at radius 2 is 1.88 bits per heavy atom. The first kappa shape index (κ1) is 13.3. The number of likely N-dealkylation sites (tertiary alicyclic amines) is 1. The van der Waals surface area contributed by atoms with Crippen molar-refractivity contribution in [1.82, 2.24) is 4.90 Å². The quantitative estimate of drug-likeness (QED) is 0.749. The maximum atomic E-state index is 11.9. The highest BCUT2D eigenvalue weighted by molar-refractivity contribution is 5.69. The van der Waals surface area contributed by atoms with Crippen LogP contribution in [0.1, 0.15) is 47.5 Å². The number of carbonyl (C=O) groups is 1. The van der Waals surface area contributed by atoms with Crippen LogP contribution in [0.15, 0.2) is 0 Å². The summed E-state index contributed by atoms with van der Waals surface area (Å²) in [6.07, 6.45) is 1.44. The van der Waals surface area contributed by atoms with Crippen LogP contribution in [-0.4, -0.2) is 39.9 Å². The Morgan fingerprint density at radius 1 is 1.31 bits per heavy atom. The van der Waals surface area contributed by atoms with Gasteiger partial charge in [-0.25, -0.2) is 4.79 Å². The number of amides is 1. The van der Waals surface area contributed by atoms with Crippen LogP contribution in [0.2, 0.25) is 0 Å². The van der Waals surface area contributed by atoms with Gasteiger partial charge in [0.1, 0.15) is 5.60 Å². The smallest absolute Gasteiger partial charge is 0.410 e. The van der Waals surface area contributed by atoms with E-state index in [1.54, 1.807) is 18.7 Å². The lowest BCUT2D eigenvalue weighted by Crippen LogP contribution is -2.49. The van der Waals surface area contributed by atoms with Crippen LogP contribution in [0.4, 0.5) is 4.79 Å². The zero-order valence-electron chi connectivity index (χ0n) is 10.9. The van der Waals surface area contributed by atoms with Crippen molar-refractivity contribution < 1.29 is 14.6 Å². The molecule has 16 heavy (non-hydrogen) atoms. The predicted molar refractivity (Wildman–Crippen MR) is 62.3 cm³/mol. The van der Waals surface area contributed by atoms with E-state index in [0.717, 1.165) is 12.8 Å². The fourth-order valence-electron chi connectivity index (χ4n) is 2.04. The number of hydrogen-bond donors (Lipinski definition) is 1. The van der Waals surface area contributed by atoms with Crippen molar-refractivity contribution in [2.75, 3.05) is 6.54 Å². The van der Waals surface area contributed by atoms with E-state index in [0.29, 0.717) is 6.54 Å². The molecule has 1 saturated heterocycles. The molecule has 0 unspecified atom stereocenters. The molecule has 1 rings (SSSR count). The van der Waals surface area contributed by atoms with Crippen molar-refractivity contribution in [1.29, 1.82) is 0 Å². The summed E-state index contributed by atoms with van der Waals surface area (Å²) >= 11 is 0. The highest BCUT2D eigenvalue weighted by atomic mass is 16.6. The van der Waals surface area contributed by atoms with Crippen molar-refractivity contribution in [3.63, 3.8) is 0 Å². The summed E-state index contributed by atoms with van der Waals surface area (Å²) in [6.45, 7) is 9.69. The zero-order chi connectivity index (χ0) is 12.6. The van der Waals surface area contributed by atoms with Crippen molar-refractivity contribution in [2.45, 2.75) is 64.7 Å². The Bertz CT molecular complexity index is 262. The number of nitrogens with zero attached hydrogens (tertiary/aromatic N) is 1. The Balaban J connectivity index is 2.69. The lowest BCUT2D eigenvalue weighted by atomic mass is 9.97. The molecule has 1 amide bonds. The molecule has 1 atom stereocenters. The van der Waals surface area contributed by atoms with Crippen molar-refractivity contribution in [3.05, 3.63) is 0 Å². The largest absolute Gasteiger partial charge is 0.444 e. The first-order valence-corrected chi connectivity index (χ1v) is 5.83. The van der Waals surface area contributed by atoms with E-state index in [2.05, 4.69) is 0 Å². The molecule has 0 saturated carbocycles. The Hall–Kier alpha value is -0.770. The van der Waals surface area contributed by atoms with Crippen molar-refractivity contribution >= 4 is 6.09 Å². The molecule has 1 aliphatic heterocycles. The first-order chi connectivity index (χ1) is 7.11. The van der Waals surface area contributed by atoms with Crippen molar-refractivity contribution in [3.8, 4) is 0 Å². The highest BCUT2D eigenvalue weighted by Crippen LogP contribution is 2.28. The second-order valence-corrected chi connectivity index (χ2v) is 5.99. The second-order valence-electron chi connectivity index (χ2n) is 5.99. The number of carbonyl (C=O) groups excluding carboxylic acids is 1. The van der Waals surface area contributed by atoms with Gasteiger partial charge in [0.25, 0.3) is 0 Å². The average molecular weight is 229 g/mol. The second kappa shape index (κ2) is 4.24. The van der Waals surface area contributed by atoms with E-state index in [1.165, 1.54) is 0 Å². The molecule has 1 heterocycles. The average Bonchev–Trinajstić information content (AvgIpc) is 2.45. The van der Waals surface area contributed by atoms with Gasteiger partial charge in [-0.15, -0.1) is 0 Å². The third-order valence-electron chi connectivity index (χ3n) is 2.70. The molecule has 0 spiro atoms. The monoisotopic (exact) mass is 229 g/mol. The van der Waals surface area contributed by atoms with Gasteiger partial charge in [0.15, 0.2) is 0 Å². The molecule has 94 valence electrons. The number of hydrogen-bond acceptors (Lipinski definition) is 3. The molecule has 0 aromatic carbocycles. The molecule has 4 nitrogen and oxygen atoms in total. The molecule has 0 radical (unpaired) electrons. The third kappa shape index (κ3) is 3.37. The van der Waals surface area contributed by atoms with Gasteiger partial charge in [0, 0.05) is 6.54 Å². The van der Waals surface area contributed by atoms with Gasteiger partial charge in [-0.3, -0.25) is 0 Å². The van der Waals surface area contributed by atoms with Gasteiger partial charge in [-0.1, -0.05) is 0 Å². The first-order valence-electron chi connectivity index (χ1n) is 5.83. The molecule has 1 aliphatic rings. The zero-order valence-corrected chi connectivity index (χ0v) is 10.9. The van der Waals surface area contributed by atoms with Gasteiger partial charge in [-0.05, 0) is 47.5 Å². The van der Waals surface area contributed by atoms with E-state index in [9.17, 15) is 9.90 Å². The van der Waals surface area contributed by atoms with Crippen LogP contribution in [0.3, 0.4) is 0 Å². The third-order valence-corrected chi connectivity index (χ3v) is 2.70. The van der Waals surface area contributed by atoms with Crippen LogP contribution >= 0.6 is 0 Å². The summed E-state index contributed by atoms with van der Waals surface area (Å²) in [4.78, 5) is 13.6. The molecule has 1 fully saturated rings. The molecule has 1 N–H and O–H groups in total. The standard InChI is InChI=1S/C12H23NO3/c1-11(2,3)16-10(14)13-8-6-7-9(13)12(4,5)15/h9,15H,6-8H2,1-5H3/t9-/m0/s1. The molecular weight excluding hydrogens is 206 g/mol. The Kier molecular flexibility index (Phi) is 3.53. The maximum absolute atomic E-state index is 11.9. The van der Waals surface area contributed by atoms with Crippen LogP contribution in [0.5, 0.6) is 0 Å². The normalized spacial score (nSPS) is 22.4. The highest BCUT2D eigenvalue weighted by Gasteiger charge is 2.40. The SMILES string of the molecule is CC(C)(C)OC(=O)N1CCC[C@H]1C(C)(C)O. The van der Waals surface area contributed by atoms with Crippen molar-refractivity contribution in [2.24, 2.45) is 0 Å². The summed E-state index contributed by atoms with van der Waals surface area (Å²) in [7, 11) is 0. The van der Waals surface area contributed by atoms with Gasteiger partial charge in [-0.2, -0.15) is 0 Å². The Morgan fingerprint density at radius 3 is 2.31 bits per heavy atom. The minimum atomic E-state index is -0.868. The van der Waals surface area contributed by atoms with Gasteiger partial charge in [0.05, 0.1) is 11.6 Å². The predicted octanol–water partition coefficient (Wildman–Crippen LogP) is 2.16. The topological polar surface area (TPSA) is 49.8 Å². The minimum absolute atomic E-state index is 0.137. The van der Waals surface area contributed by atoms with Gasteiger partial charge in [0.2, 0.25) is 0 Å². The van der Waals surface area contributed by atoms with E-state index < -0.39 is 11.2 Å². The molecule has 0 bridgehead atoms. The fourth-order valence-corrected chi connectivity index (χ4v) is 2.04. The Labute approximate surface area is 97.6 Å². The lowest BCUT2D eigenvalue weighted by Gasteiger charge is -2.34. The van der Waals surface area contributed by atoms with Crippen LogP contribution in [-0.2, 0) is 4.74 Å². The summed E-state index contributed by atoms with van der Waals surface area (Å²) in [5, 5.41) is 9.99. The molecule has 0 aromatic heterocycles. The van der Waals surface area contributed by atoms with Crippen LogP contribution in [0, 0.1) is 0 Å². The lowest BCUT2D eigenvalue weighted by molar-refractivity contribution is -0.0240. The van der Waals surface area contributed by atoms with E-state index >= 15 is 0 Å². The summed E-state index contributed by atoms with van der Waals surface area (Å²) in [6, 6.07) is -0.137. The van der Waals surface area contributed by atoms with E-state index in [4.69, 9.17) is 4.74 Å². The maximum Gasteiger partial charge on any atom is 0.410 e. The fraction of sp³-hybridized carbons (Fsp3) is 0.917. The van der Waals surface area contributed by atoms with Gasteiger partial charge >= 0.3 is 6.09 Å².